The lowest BCUT2D eigenvalue weighted by molar-refractivity contribution is 0.210. The van der Waals surface area contributed by atoms with Gasteiger partial charge in [0.15, 0.2) is 0 Å². The van der Waals surface area contributed by atoms with Crippen LogP contribution in [0.5, 0.6) is 5.75 Å². The zero-order chi connectivity index (χ0) is 17.8. The number of urea groups is 1. The summed E-state index contributed by atoms with van der Waals surface area (Å²) in [7, 11) is 0. The van der Waals surface area contributed by atoms with Crippen LogP contribution in [0, 0.1) is 0 Å². The van der Waals surface area contributed by atoms with E-state index in [2.05, 4.69) is 15.6 Å². The second-order valence-corrected chi connectivity index (χ2v) is 7.55. The van der Waals surface area contributed by atoms with Crippen LogP contribution in [0.3, 0.4) is 0 Å². The molecular weight excluding hydrogens is 346 g/mol. The van der Waals surface area contributed by atoms with Crippen LogP contribution in [0.25, 0.3) is 10.2 Å². The predicted octanol–water partition coefficient (Wildman–Crippen LogP) is 4.94. The summed E-state index contributed by atoms with van der Waals surface area (Å²) in [4.78, 5) is 16.6. The van der Waals surface area contributed by atoms with Crippen LogP contribution in [0.1, 0.15) is 30.7 Å². The highest BCUT2D eigenvalue weighted by Crippen LogP contribution is 2.25. The fourth-order valence-corrected chi connectivity index (χ4v) is 4.05. The average Bonchev–Trinajstić information content (AvgIpc) is 3.30. The fourth-order valence-electron chi connectivity index (χ4n) is 3.14. The first-order valence-corrected chi connectivity index (χ1v) is 9.74. The van der Waals surface area contributed by atoms with Crippen LogP contribution in [-0.4, -0.2) is 17.1 Å². The molecular formula is C20H21N3O2S. The minimum Gasteiger partial charge on any atom is -0.490 e. The molecule has 1 aromatic heterocycles. The molecule has 134 valence electrons. The molecule has 4 rings (SSSR count). The van der Waals surface area contributed by atoms with Crippen molar-refractivity contribution in [3.8, 4) is 5.75 Å². The Hall–Kier alpha value is -2.60. The Morgan fingerprint density at radius 3 is 2.65 bits per heavy atom. The van der Waals surface area contributed by atoms with Gasteiger partial charge in [0.1, 0.15) is 10.8 Å². The number of ether oxygens (including phenoxy) is 1. The van der Waals surface area contributed by atoms with Crippen molar-refractivity contribution >= 4 is 33.3 Å². The van der Waals surface area contributed by atoms with Crippen molar-refractivity contribution in [2.24, 2.45) is 0 Å². The molecule has 1 fully saturated rings. The zero-order valence-electron chi connectivity index (χ0n) is 14.4. The third kappa shape index (κ3) is 4.14. The predicted molar refractivity (Wildman–Crippen MR) is 105 cm³/mol. The van der Waals surface area contributed by atoms with Gasteiger partial charge >= 0.3 is 6.03 Å². The first-order valence-electron chi connectivity index (χ1n) is 8.92. The van der Waals surface area contributed by atoms with Gasteiger partial charge in [0.25, 0.3) is 0 Å². The summed E-state index contributed by atoms with van der Waals surface area (Å²) in [5, 5.41) is 6.58. The topological polar surface area (TPSA) is 63.2 Å². The van der Waals surface area contributed by atoms with Gasteiger partial charge in [-0.05, 0) is 62.1 Å². The Morgan fingerprint density at radius 2 is 1.88 bits per heavy atom. The SMILES string of the molecule is O=C(NCc1nc2ccccc2s1)Nc1ccc(OC2CCCC2)cc1. The maximum atomic E-state index is 12.1. The molecule has 3 aromatic rings. The number of fused-ring (bicyclic) bond motifs is 1. The lowest BCUT2D eigenvalue weighted by Gasteiger charge is -2.13. The number of amides is 2. The standard InChI is InChI=1S/C20H21N3O2S/c24-20(21-13-19-23-17-7-3-4-8-18(17)26-19)22-14-9-11-16(12-10-14)25-15-5-1-2-6-15/h3-4,7-12,15H,1-2,5-6,13H2,(H2,21,22,24). The number of aromatic nitrogens is 1. The largest absolute Gasteiger partial charge is 0.490 e. The van der Waals surface area contributed by atoms with Crippen molar-refractivity contribution < 1.29 is 9.53 Å². The van der Waals surface area contributed by atoms with Gasteiger partial charge in [0, 0.05) is 5.69 Å². The molecule has 5 nitrogen and oxygen atoms in total. The number of thiazole rings is 1. The van der Waals surface area contributed by atoms with Crippen molar-refractivity contribution in [2.75, 3.05) is 5.32 Å². The number of rotatable bonds is 5. The zero-order valence-corrected chi connectivity index (χ0v) is 15.2. The summed E-state index contributed by atoms with van der Waals surface area (Å²) in [6.07, 6.45) is 5.10. The van der Waals surface area contributed by atoms with Crippen LogP contribution in [0.15, 0.2) is 48.5 Å². The molecule has 0 unspecified atom stereocenters. The average molecular weight is 367 g/mol. The number of benzene rings is 2. The maximum absolute atomic E-state index is 12.1. The van der Waals surface area contributed by atoms with E-state index in [0.29, 0.717) is 12.6 Å². The molecule has 0 saturated heterocycles. The highest BCUT2D eigenvalue weighted by atomic mass is 32.1. The molecule has 2 aromatic carbocycles. The van der Waals surface area contributed by atoms with Gasteiger partial charge in [-0.1, -0.05) is 12.1 Å². The van der Waals surface area contributed by atoms with E-state index in [9.17, 15) is 4.79 Å². The fraction of sp³-hybridized carbons (Fsp3) is 0.300. The maximum Gasteiger partial charge on any atom is 0.319 e. The van der Waals surface area contributed by atoms with Gasteiger partial charge in [-0.25, -0.2) is 9.78 Å². The first-order chi connectivity index (χ1) is 12.8. The second kappa shape index (κ2) is 7.74. The number of nitrogens with zero attached hydrogens (tertiary/aromatic N) is 1. The summed E-state index contributed by atoms with van der Waals surface area (Å²) >= 11 is 1.59. The van der Waals surface area contributed by atoms with Gasteiger partial charge in [-0.15, -0.1) is 11.3 Å². The molecule has 0 aliphatic heterocycles. The first kappa shape index (κ1) is 16.8. The number of carbonyl (C=O) groups excluding carboxylic acids is 1. The van der Waals surface area contributed by atoms with Crippen LogP contribution >= 0.6 is 11.3 Å². The van der Waals surface area contributed by atoms with Crippen LogP contribution in [0.2, 0.25) is 0 Å². The highest BCUT2D eigenvalue weighted by Gasteiger charge is 2.16. The Kier molecular flexibility index (Phi) is 5.02. The number of hydrogen-bond acceptors (Lipinski definition) is 4. The van der Waals surface area contributed by atoms with Crippen molar-refractivity contribution in [3.63, 3.8) is 0 Å². The van der Waals surface area contributed by atoms with Gasteiger partial charge in [-0.3, -0.25) is 0 Å². The van der Waals surface area contributed by atoms with E-state index in [1.54, 1.807) is 11.3 Å². The van der Waals surface area contributed by atoms with E-state index in [1.165, 1.54) is 12.8 Å². The minimum atomic E-state index is -0.242. The third-order valence-electron chi connectivity index (χ3n) is 4.46. The van der Waals surface area contributed by atoms with Crippen LogP contribution in [0.4, 0.5) is 10.5 Å². The molecule has 0 radical (unpaired) electrons. The Balaban J connectivity index is 1.28. The number of nitrogens with one attached hydrogen (secondary N) is 2. The van der Waals surface area contributed by atoms with Crippen LogP contribution < -0.4 is 15.4 Å². The minimum absolute atomic E-state index is 0.242. The van der Waals surface area contributed by atoms with Gasteiger partial charge in [0.05, 0.1) is 22.9 Å². The Morgan fingerprint density at radius 1 is 1.12 bits per heavy atom. The third-order valence-corrected chi connectivity index (χ3v) is 5.49. The lowest BCUT2D eigenvalue weighted by Crippen LogP contribution is -2.28. The van der Waals surface area contributed by atoms with Crippen molar-refractivity contribution in [3.05, 3.63) is 53.5 Å². The molecule has 1 heterocycles. The number of para-hydroxylation sites is 1. The number of carbonyl (C=O) groups is 1. The quantitative estimate of drug-likeness (QED) is 0.671. The summed E-state index contributed by atoms with van der Waals surface area (Å²) in [5.74, 6) is 0.859. The highest BCUT2D eigenvalue weighted by molar-refractivity contribution is 7.18. The Labute approximate surface area is 156 Å². The molecule has 2 N–H and O–H groups in total. The molecule has 1 aliphatic rings. The van der Waals surface area contributed by atoms with E-state index in [4.69, 9.17) is 4.74 Å². The summed E-state index contributed by atoms with van der Waals surface area (Å²) in [5.41, 5.74) is 1.71. The van der Waals surface area contributed by atoms with E-state index in [1.807, 2.05) is 48.5 Å². The molecule has 6 heteroatoms. The molecule has 26 heavy (non-hydrogen) atoms. The summed E-state index contributed by atoms with van der Waals surface area (Å²) in [6.45, 7) is 0.411. The van der Waals surface area contributed by atoms with E-state index in [0.717, 1.165) is 39.5 Å². The van der Waals surface area contributed by atoms with Crippen LogP contribution in [-0.2, 0) is 6.54 Å². The monoisotopic (exact) mass is 367 g/mol. The number of hydrogen-bond donors (Lipinski definition) is 2. The molecule has 0 bridgehead atoms. The van der Waals surface area contributed by atoms with Gasteiger partial charge in [0.2, 0.25) is 0 Å². The lowest BCUT2D eigenvalue weighted by atomic mass is 10.3. The Bertz CT molecular complexity index is 852. The summed E-state index contributed by atoms with van der Waals surface area (Å²) < 4.78 is 7.06. The second-order valence-electron chi connectivity index (χ2n) is 6.43. The van der Waals surface area contributed by atoms with Crippen molar-refractivity contribution in [2.45, 2.75) is 38.3 Å². The summed E-state index contributed by atoms with van der Waals surface area (Å²) in [6, 6.07) is 15.3. The molecule has 0 spiro atoms. The van der Waals surface area contributed by atoms with Gasteiger partial charge in [-0.2, -0.15) is 0 Å². The van der Waals surface area contributed by atoms with Crippen molar-refractivity contribution in [1.82, 2.24) is 10.3 Å². The van der Waals surface area contributed by atoms with E-state index in [-0.39, 0.29) is 6.03 Å². The normalized spacial score (nSPS) is 14.5. The van der Waals surface area contributed by atoms with Crippen molar-refractivity contribution in [1.29, 1.82) is 0 Å². The molecule has 2 amide bonds. The molecule has 1 aliphatic carbocycles. The van der Waals surface area contributed by atoms with E-state index >= 15 is 0 Å². The smallest absolute Gasteiger partial charge is 0.319 e. The van der Waals surface area contributed by atoms with E-state index < -0.39 is 0 Å². The number of anilines is 1. The molecule has 0 atom stereocenters. The van der Waals surface area contributed by atoms with Gasteiger partial charge < -0.3 is 15.4 Å². The molecule has 1 saturated carbocycles.